The van der Waals surface area contributed by atoms with Crippen LogP contribution in [0.2, 0.25) is 0 Å². The highest BCUT2D eigenvalue weighted by molar-refractivity contribution is 7.99. The van der Waals surface area contributed by atoms with Crippen LogP contribution in [0.3, 0.4) is 0 Å². The van der Waals surface area contributed by atoms with Crippen LogP contribution in [0, 0.1) is 0 Å². The van der Waals surface area contributed by atoms with E-state index in [1.807, 2.05) is 23.9 Å². The minimum atomic E-state index is 0.665. The number of anilines is 1. The molecule has 96 valence electrons. The van der Waals surface area contributed by atoms with E-state index in [-0.39, 0.29) is 0 Å². The number of nitrogens with two attached hydrogens (primary N) is 1. The highest BCUT2D eigenvalue weighted by atomic mass is 32.2. The van der Waals surface area contributed by atoms with Crippen molar-refractivity contribution in [3.8, 4) is 0 Å². The van der Waals surface area contributed by atoms with Gasteiger partial charge in [-0.3, -0.25) is 0 Å². The van der Waals surface area contributed by atoms with Crippen molar-refractivity contribution in [2.45, 2.75) is 6.42 Å². The number of fused-ring (bicyclic) bond motifs is 1. The number of nitrogens with zero attached hydrogens (tertiary/aromatic N) is 3. The van der Waals surface area contributed by atoms with Gasteiger partial charge in [-0.25, -0.2) is 4.98 Å². The quantitative estimate of drug-likeness (QED) is 0.908. The molecule has 0 atom stereocenters. The van der Waals surface area contributed by atoms with Gasteiger partial charge in [0.25, 0.3) is 0 Å². The molecule has 0 radical (unpaired) electrons. The van der Waals surface area contributed by atoms with E-state index in [1.54, 1.807) is 0 Å². The topological polar surface area (TPSA) is 46.6 Å². The third kappa shape index (κ3) is 2.08. The van der Waals surface area contributed by atoms with Gasteiger partial charge in [-0.1, -0.05) is 6.07 Å². The van der Waals surface area contributed by atoms with Crippen molar-refractivity contribution in [2.75, 3.05) is 36.0 Å². The number of imidazole rings is 1. The predicted octanol–water partition coefficient (Wildman–Crippen LogP) is 1.39. The maximum absolute atomic E-state index is 5.75. The first-order chi connectivity index (χ1) is 8.90. The number of aromatic nitrogens is 2. The second-order valence-corrected chi connectivity index (χ2v) is 5.67. The molecule has 3 heterocycles. The average molecular weight is 262 g/mol. The van der Waals surface area contributed by atoms with E-state index in [9.17, 15) is 0 Å². The molecule has 1 fully saturated rings. The Morgan fingerprint density at radius 3 is 2.89 bits per heavy atom. The Bertz CT molecular complexity index is 531. The molecule has 4 nitrogen and oxygen atoms in total. The van der Waals surface area contributed by atoms with E-state index in [2.05, 4.69) is 21.6 Å². The summed E-state index contributed by atoms with van der Waals surface area (Å²) in [6.07, 6.45) is 2.96. The summed E-state index contributed by atoms with van der Waals surface area (Å²) >= 11 is 2.02. The van der Waals surface area contributed by atoms with Crippen LogP contribution >= 0.6 is 11.8 Å². The van der Waals surface area contributed by atoms with Crippen LogP contribution in [-0.4, -0.2) is 40.5 Å². The van der Waals surface area contributed by atoms with E-state index in [0.29, 0.717) is 6.54 Å². The lowest BCUT2D eigenvalue weighted by atomic mass is 10.3. The van der Waals surface area contributed by atoms with E-state index >= 15 is 0 Å². The zero-order valence-electron chi connectivity index (χ0n) is 10.4. The van der Waals surface area contributed by atoms with Crippen molar-refractivity contribution in [3.63, 3.8) is 0 Å². The molecule has 0 aliphatic carbocycles. The van der Waals surface area contributed by atoms with Gasteiger partial charge < -0.3 is 15.0 Å². The number of hydrogen-bond acceptors (Lipinski definition) is 4. The van der Waals surface area contributed by atoms with Crippen molar-refractivity contribution in [2.24, 2.45) is 5.73 Å². The fourth-order valence-electron chi connectivity index (χ4n) is 2.43. The molecule has 0 amide bonds. The van der Waals surface area contributed by atoms with Gasteiger partial charge in [0.2, 0.25) is 0 Å². The molecule has 0 unspecified atom stereocenters. The first kappa shape index (κ1) is 11.9. The Balaban J connectivity index is 2.05. The SMILES string of the molecule is NCCc1c(N2CCSCC2)nc2ccccn12. The second-order valence-electron chi connectivity index (χ2n) is 4.45. The summed E-state index contributed by atoms with van der Waals surface area (Å²) in [7, 11) is 0. The molecule has 0 saturated carbocycles. The van der Waals surface area contributed by atoms with Gasteiger partial charge in [-0.15, -0.1) is 0 Å². The van der Waals surface area contributed by atoms with Gasteiger partial charge in [-0.05, 0) is 18.7 Å². The first-order valence-corrected chi connectivity index (χ1v) is 7.54. The Kier molecular flexibility index (Phi) is 3.43. The van der Waals surface area contributed by atoms with Crippen molar-refractivity contribution in [3.05, 3.63) is 30.1 Å². The van der Waals surface area contributed by atoms with Gasteiger partial charge in [0.05, 0.1) is 5.69 Å². The van der Waals surface area contributed by atoms with Gasteiger partial charge in [-0.2, -0.15) is 11.8 Å². The van der Waals surface area contributed by atoms with Gasteiger partial charge in [0.15, 0.2) is 5.82 Å². The molecule has 5 heteroatoms. The molecule has 2 aromatic rings. The summed E-state index contributed by atoms with van der Waals surface area (Å²) in [5.74, 6) is 3.51. The van der Waals surface area contributed by atoms with Crippen LogP contribution in [0.5, 0.6) is 0 Å². The van der Waals surface area contributed by atoms with Crippen molar-refractivity contribution < 1.29 is 0 Å². The Morgan fingerprint density at radius 1 is 1.28 bits per heavy atom. The summed E-state index contributed by atoms with van der Waals surface area (Å²) in [6, 6.07) is 6.14. The average Bonchev–Trinajstić information content (AvgIpc) is 2.80. The minimum Gasteiger partial charge on any atom is -0.353 e. The number of hydrogen-bond donors (Lipinski definition) is 1. The lowest BCUT2D eigenvalue weighted by Gasteiger charge is -2.27. The standard InChI is InChI=1S/C13H18N4S/c14-5-4-11-13(16-7-9-18-10-8-16)15-12-3-1-2-6-17(11)12/h1-3,6H,4-5,7-10,14H2. The Labute approximate surface area is 111 Å². The first-order valence-electron chi connectivity index (χ1n) is 6.39. The van der Waals surface area contributed by atoms with Gasteiger partial charge >= 0.3 is 0 Å². The second kappa shape index (κ2) is 5.20. The molecule has 3 rings (SSSR count). The molecule has 0 bridgehead atoms. The minimum absolute atomic E-state index is 0.665. The molecule has 1 aliphatic heterocycles. The summed E-state index contributed by atoms with van der Waals surface area (Å²) < 4.78 is 2.17. The molecule has 0 spiro atoms. The fraction of sp³-hybridized carbons (Fsp3) is 0.462. The van der Waals surface area contributed by atoms with E-state index in [1.165, 1.54) is 17.2 Å². The molecule has 18 heavy (non-hydrogen) atoms. The van der Waals surface area contributed by atoms with E-state index in [4.69, 9.17) is 10.7 Å². The lowest BCUT2D eigenvalue weighted by molar-refractivity contribution is 0.820. The van der Waals surface area contributed by atoms with Crippen molar-refractivity contribution >= 4 is 23.2 Å². The summed E-state index contributed by atoms with van der Waals surface area (Å²) in [4.78, 5) is 7.18. The predicted molar refractivity (Wildman–Crippen MR) is 77.5 cm³/mol. The zero-order chi connectivity index (χ0) is 12.4. The molecule has 2 aromatic heterocycles. The fourth-order valence-corrected chi connectivity index (χ4v) is 3.33. The number of rotatable bonds is 3. The number of thioether (sulfide) groups is 1. The maximum atomic E-state index is 5.75. The van der Waals surface area contributed by atoms with Crippen LogP contribution < -0.4 is 10.6 Å². The highest BCUT2D eigenvalue weighted by Gasteiger charge is 2.19. The van der Waals surface area contributed by atoms with Crippen LogP contribution in [0.25, 0.3) is 5.65 Å². The molecule has 1 aliphatic rings. The zero-order valence-corrected chi connectivity index (χ0v) is 11.2. The smallest absolute Gasteiger partial charge is 0.151 e. The summed E-state index contributed by atoms with van der Waals surface area (Å²) in [6.45, 7) is 2.84. The van der Waals surface area contributed by atoms with Crippen molar-refractivity contribution in [1.82, 2.24) is 9.38 Å². The monoisotopic (exact) mass is 262 g/mol. The van der Waals surface area contributed by atoms with E-state index in [0.717, 1.165) is 31.0 Å². The third-order valence-electron chi connectivity index (χ3n) is 3.30. The molecule has 2 N–H and O–H groups in total. The molecular formula is C13H18N4S. The third-order valence-corrected chi connectivity index (χ3v) is 4.24. The summed E-state index contributed by atoms with van der Waals surface area (Å²) in [5, 5.41) is 0. The molecule has 1 saturated heterocycles. The Morgan fingerprint density at radius 2 is 2.11 bits per heavy atom. The largest absolute Gasteiger partial charge is 0.353 e. The maximum Gasteiger partial charge on any atom is 0.151 e. The summed E-state index contributed by atoms with van der Waals surface area (Å²) in [5.41, 5.74) is 8.02. The molecular weight excluding hydrogens is 244 g/mol. The van der Waals surface area contributed by atoms with Crippen molar-refractivity contribution in [1.29, 1.82) is 0 Å². The highest BCUT2D eigenvalue weighted by Crippen LogP contribution is 2.24. The lowest BCUT2D eigenvalue weighted by Crippen LogP contribution is -2.33. The van der Waals surface area contributed by atoms with Crippen LogP contribution in [-0.2, 0) is 6.42 Å². The van der Waals surface area contributed by atoms with Gasteiger partial charge in [0.1, 0.15) is 5.65 Å². The normalized spacial score (nSPS) is 16.4. The molecule has 0 aromatic carbocycles. The number of pyridine rings is 1. The van der Waals surface area contributed by atoms with Crippen LogP contribution in [0.1, 0.15) is 5.69 Å². The van der Waals surface area contributed by atoms with Crippen LogP contribution in [0.4, 0.5) is 5.82 Å². The van der Waals surface area contributed by atoms with E-state index < -0.39 is 0 Å². The Hall–Kier alpha value is -1.20. The van der Waals surface area contributed by atoms with Gasteiger partial charge in [0, 0.05) is 37.2 Å². The van der Waals surface area contributed by atoms with Crippen LogP contribution in [0.15, 0.2) is 24.4 Å².